The quantitative estimate of drug-likeness (QED) is 0.309. The van der Waals surface area contributed by atoms with E-state index in [1.807, 2.05) is 0 Å². The molecule has 0 unspecified atom stereocenters. The first-order valence-electron chi connectivity index (χ1n) is 9.45. The minimum atomic E-state index is -3.63. The summed E-state index contributed by atoms with van der Waals surface area (Å²) in [5, 5.41) is 9.29. The molecule has 2 aromatic carbocycles. The second kappa shape index (κ2) is 13.0. The lowest BCUT2D eigenvalue weighted by Crippen LogP contribution is -2.32. The summed E-state index contributed by atoms with van der Waals surface area (Å²) in [6.07, 6.45) is 3.39. The summed E-state index contributed by atoms with van der Waals surface area (Å²) in [5.74, 6) is -1.03. The molecule has 0 aliphatic rings. The molecule has 0 radical (unpaired) electrons. The number of hydrogen-bond donors (Lipinski definition) is 1. The Hall–Kier alpha value is -2.22. The molecule has 0 saturated carbocycles. The van der Waals surface area contributed by atoms with E-state index in [1.165, 1.54) is 18.3 Å². The van der Waals surface area contributed by atoms with Crippen molar-refractivity contribution in [1.29, 1.82) is 0 Å². The number of benzene rings is 2. The fraction of sp³-hybridized carbons (Fsp3) is 0.300. The van der Waals surface area contributed by atoms with Crippen LogP contribution in [0, 0.1) is 0 Å². The molecule has 0 amide bonds. The van der Waals surface area contributed by atoms with Crippen LogP contribution in [0.2, 0.25) is 5.02 Å². The van der Waals surface area contributed by atoms with Gasteiger partial charge in [-0.05, 0) is 42.5 Å². The number of nitrogens with zero attached hydrogens (tertiary/aromatic N) is 2. The Morgan fingerprint density at radius 2 is 1.53 bits per heavy atom. The third-order valence-corrected chi connectivity index (χ3v) is 5.65. The van der Waals surface area contributed by atoms with Gasteiger partial charge in [0.1, 0.15) is 0 Å². The normalized spacial score (nSPS) is 11.9. The molecule has 0 spiro atoms. The van der Waals surface area contributed by atoms with Gasteiger partial charge in [-0.25, -0.2) is 4.79 Å². The Balaban J connectivity index is 0.00000578. The van der Waals surface area contributed by atoms with Gasteiger partial charge in [-0.15, -0.1) is 12.4 Å². The van der Waals surface area contributed by atoms with Gasteiger partial charge in [0.15, 0.2) is 0 Å². The van der Waals surface area contributed by atoms with Crippen molar-refractivity contribution in [3.63, 3.8) is 0 Å². The predicted molar refractivity (Wildman–Crippen MR) is 133 cm³/mol. The third-order valence-electron chi connectivity index (χ3n) is 4.13. The van der Waals surface area contributed by atoms with Crippen molar-refractivity contribution in [3.8, 4) is 0 Å². The molecule has 10 nitrogen and oxygen atoms in total. The lowest BCUT2D eigenvalue weighted by molar-refractivity contribution is 0.0697. The molecule has 0 atom stereocenters. The van der Waals surface area contributed by atoms with Gasteiger partial charge in [0.25, 0.3) is 20.2 Å². The van der Waals surface area contributed by atoms with Crippen molar-refractivity contribution in [1.82, 2.24) is 0 Å². The number of hydrogen-bond acceptors (Lipinski definition) is 9. The van der Waals surface area contributed by atoms with Crippen LogP contribution in [-0.4, -0.2) is 72.9 Å². The first-order chi connectivity index (χ1) is 15.3. The molecule has 14 heteroatoms. The molecule has 1 N–H and O–H groups in total. The summed E-state index contributed by atoms with van der Waals surface area (Å²) in [5.41, 5.74) is 1.87. The number of aromatic carboxylic acids is 1. The van der Waals surface area contributed by atoms with E-state index in [1.54, 1.807) is 35.2 Å². The van der Waals surface area contributed by atoms with E-state index in [0.29, 0.717) is 22.0 Å². The first-order valence-corrected chi connectivity index (χ1v) is 13.5. The summed E-state index contributed by atoms with van der Waals surface area (Å²) in [6, 6.07) is 11.0. The van der Waals surface area contributed by atoms with E-state index in [0.717, 1.165) is 12.5 Å². The topological polar surface area (TPSA) is 140 Å². The molecular formula is C20H24Cl2N2O8S2. The second-order valence-corrected chi connectivity index (χ2v) is 10.6. The van der Waals surface area contributed by atoms with Gasteiger partial charge in [0.05, 0.1) is 42.0 Å². The van der Waals surface area contributed by atoms with Crippen LogP contribution in [0.5, 0.6) is 0 Å². The molecule has 0 aliphatic carbocycles. The molecule has 0 aromatic heterocycles. The standard InChI is InChI=1S/C20H23ClN2O8S2.ClH/c1-32(26,27)30-11-9-23(10-12-31-33(2,28)29)18-8-5-16(19(21)13-18)14-22-17-6-3-15(4-7-17)20(24)25;/h3-8,13-14H,9-12H2,1-2H3,(H,24,25);1H. The number of halogens is 2. The molecule has 0 saturated heterocycles. The van der Waals surface area contributed by atoms with Crippen molar-refractivity contribution < 1.29 is 35.1 Å². The van der Waals surface area contributed by atoms with E-state index in [4.69, 9.17) is 25.1 Å². The molecular weight excluding hydrogens is 531 g/mol. The minimum Gasteiger partial charge on any atom is -0.478 e. The smallest absolute Gasteiger partial charge is 0.335 e. The van der Waals surface area contributed by atoms with Crippen LogP contribution < -0.4 is 4.90 Å². The van der Waals surface area contributed by atoms with Gasteiger partial charge >= 0.3 is 5.97 Å². The summed E-state index contributed by atoms with van der Waals surface area (Å²) < 4.78 is 54.4. The minimum absolute atomic E-state index is 0. The first kappa shape index (κ1) is 29.8. The molecule has 0 heterocycles. The van der Waals surface area contributed by atoms with Crippen molar-refractivity contribution >= 4 is 67.8 Å². The maximum atomic E-state index is 11.2. The summed E-state index contributed by atoms with van der Waals surface area (Å²) >= 11 is 6.37. The summed E-state index contributed by atoms with van der Waals surface area (Å²) in [4.78, 5) is 16.9. The third kappa shape index (κ3) is 10.8. The molecule has 0 fully saturated rings. The Kier molecular flexibility index (Phi) is 11.4. The zero-order chi connectivity index (χ0) is 24.6. The molecule has 2 rings (SSSR count). The van der Waals surface area contributed by atoms with Gasteiger partial charge in [-0.1, -0.05) is 11.6 Å². The van der Waals surface area contributed by atoms with Crippen molar-refractivity contribution in [2.75, 3.05) is 43.7 Å². The highest BCUT2D eigenvalue weighted by Crippen LogP contribution is 2.24. The van der Waals surface area contributed by atoms with Gasteiger partial charge in [-0.2, -0.15) is 16.8 Å². The van der Waals surface area contributed by atoms with Gasteiger partial charge in [0.2, 0.25) is 0 Å². The number of carboxylic acid groups (broad SMARTS) is 1. The van der Waals surface area contributed by atoms with Crippen molar-refractivity contribution in [3.05, 3.63) is 58.6 Å². The van der Waals surface area contributed by atoms with Crippen LogP contribution in [-0.2, 0) is 28.6 Å². The SMILES string of the molecule is CS(=O)(=O)OCCN(CCOS(C)(=O)=O)c1ccc(C=Nc2ccc(C(=O)O)cc2)c(Cl)c1.Cl. The Morgan fingerprint density at radius 3 is 1.97 bits per heavy atom. The van der Waals surface area contributed by atoms with Crippen LogP contribution in [0.15, 0.2) is 47.5 Å². The highest BCUT2D eigenvalue weighted by Gasteiger charge is 2.12. The molecule has 34 heavy (non-hydrogen) atoms. The highest BCUT2D eigenvalue weighted by atomic mass is 35.5. The summed E-state index contributed by atoms with van der Waals surface area (Å²) in [7, 11) is -7.26. The molecule has 2 aromatic rings. The lowest BCUT2D eigenvalue weighted by atomic mass is 10.2. The monoisotopic (exact) mass is 554 g/mol. The van der Waals surface area contributed by atoms with E-state index in [-0.39, 0.29) is 44.3 Å². The van der Waals surface area contributed by atoms with Gasteiger partial charge in [-0.3, -0.25) is 13.4 Å². The Morgan fingerprint density at radius 1 is 1.00 bits per heavy atom. The average molecular weight is 555 g/mol. The Bertz CT molecular complexity index is 1180. The Labute approximate surface area is 209 Å². The molecule has 0 bridgehead atoms. The largest absolute Gasteiger partial charge is 0.478 e. The number of aliphatic imine (C=N–C) groups is 1. The zero-order valence-electron chi connectivity index (χ0n) is 18.2. The number of carboxylic acids is 1. The number of rotatable bonds is 12. The number of anilines is 1. The van der Waals surface area contributed by atoms with E-state index < -0.39 is 26.2 Å². The van der Waals surface area contributed by atoms with Gasteiger partial charge < -0.3 is 10.0 Å². The van der Waals surface area contributed by atoms with Crippen LogP contribution in [0.4, 0.5) is 11.4 Å². The highest BCUT2D eigenvalue weighted by molar-refractivity contribution is 7.86. The van der Waals surface area contributed by atoms with E-state index in [9.17, 15) is 21.6 Å². The molecule has 188 valence electrons. The van der Waals surface area contributed by atoms with Crippen LogP contribution in [0.1, 0.15) is 15.9 Å². The van der Waals surface area contributed by atoms with Crippen LogP contribution >= 0.6 is 24.0 Å². The van der Waals surface area contributed by atoms with Crippen molar-refractivity contribution in [2.45, 2.75) is 0 Å². The van der Waals surface area contributed by atoms with E-state index >= 15 is 0 Å². The maximum Gasteiger partial charge on any atom is 0.335 e. The predicted octanol–water partition coefficient (Wildman–Crippen LogP) is 2.97. The molecule has 0 aliphatic heterocycles. The summed E-state index contributed by atoms with van der Waals surface area (Å²) in [6.45, 7) is -0.0183. The van der Waals surface area contributed by atoms with Crippen molar-refractivity contribution in [2.24, 2.45) is 4.99 Å². The zero-order valence-corrected chi connectivity index (χ0v) is 21.5. The van der Waals surface area contributed by atoms with E-state index in [2.05, 4.69) is 4.99 Å². The second-order valence-electron chi connectivity index (χ2n) is 6.86. The average Bonchev–Trinajstić information content (AvgIpc) is 2.70. The number of carbonyl (C=O) groups is 1. The van der Waals surface area contributed by atoms with Gasteiger partial charge in [0, 0.05) is 30.6 Å². The fourth-order valence-electron chi connectivity index (χ4n) is 2.62. The maximum absolute atomic E-state index is 11.2. The van der Waals surface area contributed by atoms with Crippen LogP contribution in [0.25, 0.3) is 0 Å². The fourth-order valence-corrected chi connectivity index (χ4v) is 3.60. The van der Waals surface area contributed by atoms with Crippen LogP contribution in [0.3, 0.4) is 0 Å². The lowest BCUT2D eigenvalue weighted by Gasteiger charge is -2.24.